The van der Waals surface area contributed by atoms with Gasteiger partial charge in [-0.1, -0.05) is 39.5 Å². The minimum absolute atomic E-state index is 0.0744. The first-order chi connectivity index (χ1) is 5.14. The molecule has 1 nitrogen and oxygen atoms in total. The smallest absolute Gasteiger partial charge is 0.125 e. The number of hydrogen-bond acceptors (Lipinski definition) is 1. The van der Waals surface area contributed by atoms with Gasteiger partial charge in [-0.15, -0.1) is 0 Å². The minimum atomic E-state index is -0.0744. The van der Waals surface area contributed by atoms with Gasteiger partial charge in [-0.25, -0.2) is 0 Å². The molecule has 0 heterocycles. The van der Waals surface area contributed by atoms with Crippen LogP contribution in [0.5, 0.6) is 0 Å². The Morgan fingerprint density at radius 2 is 1.91 bits per heavy atom. The lowest BCUT2D eigenvalue weighted by Crippen LogP contribution is -2.16. The molecule has 0 radical (unpaired) electrons. The summed E-state index contributed by atoms with van der Waals surface area (Å²) in [5.74, 6) is 0.829. The molecule has 0 aromatic rings. The fraction of sp³-hybridized carbons (Fsp3) is 0.900. The van der Waals surface area contributed by atoms with Crippen LogP contribution in [0.2, 0.25) is 0 Å². The molecule has 1 fully saturated rings. The van der Waals surface area contributed by atoms with E-state index in [9.17, 15) is 4.79 Å². The van der Waals surface area contributed by atoms with Gasteiger partial charge in [-0.05, 0) is 12.3 Å². The maximum atomic E-state index is 10.6. The molecule has 0 aliphatic heterocycles. The summed E-state index contributed by atoms with van der Waals surface area (Å²) < 4.78 is 0. The first-order valence-corrected chi connectivity index (χ1v) is 4.60. The second-order valence-electron chi connectivity index (χ2n) is 4.46. The molecule has 0 amide bonds. The molecular weight excluding hydrogens is 136 g/mol. The molecule has 64 valence electrons. The largest absolute Gasteiger partial charge is 0.303 e. The van der Waals surface area contributed by atoms with E-state index < -0.39 is 0 Å². The van der Waals surface area contributed by atoms with Crippen LogP contribution in [-0.4, -0.2) is 6.29 Å². The standard InChI is InChI=1S/C10H18O/c1-10(2,8-11)7-9-5-3-4-6-9/h8-9H,3-7H2,1-2H3. The van der Waals surface area contributed by atoms with Gasteiger partial charge in [0, 0.05) is 5.41 Å². The SMILES string of the molecule is CC(C)(C=O)CC1CCCC1. The van der Waals surface area contributed by atoms with Crippen LogP contribution in [0, 0.1) is 11.3 Å². The molecule has 1 saturated carbocycles. The molecular formula is C10H18O. The van der Waals surface area contributed by atoms with Crippen molar-refractivity contribution in [3.05, 3.63) is 0 Å². The van der Waals surface area contributed by atoms with Gasteiger partial charge in [0.1, 0.15) is 6.29 Å². The Kier molecular flexibility index (Phi) is 2.69. The summed E-state index contributed by atoms with van der Waals surface area (Å²) in [4.78, 5) is 10.6. The van der Waals surface area contributed by atoms with E-state index in [1.807, 2.05) is 13.8 Å². The topological polar surface area (TPSA) is 17.1 Å². The Labute approximate surface area is 69.2 Å². The van der Waals surface area contributed by atoms with Crippen LogP contribution in [0.3, 0.4) is 0 Å². The zero-order valence-electron chi connectivity index (χ0n) is 7.60. The Bertz CT molecular complexity index is 132. The third-order valence-electron chi connectivity index (χ3n) is 2.61. The summed E-state index contributed by atoms with van der Waals surface area (Å²) in [6.45, 7) is 4.08. The number of aldehydes is 1. The first kappa shape index (κ1) is 8.76. The average molecular weight is 154 g/mol. The van der Waals surface area contributed by atoms with E-state index in [1.54, 1.807) is 0 Å². The Hall–Kier alpha value is -0.330. The van der Waals surface area contributed by atoms with Gasteiger partial charge in [-0.3, -0.25) is 0 Å². The lowest BCUT2D eigenvalue weighted by molar-refractivity contribution is -0.115. The van der Waals surface area contributed by atoms with E-state index in [1.165, 1.54) is 25.7 Å². The molecule has 1 aliphatic carbocycles. The summed E-state index contributed by atoms with van der Waals surface area (Å²) in [6, 6.07) is 0. The van der Waals surface area contributed by atoms with Crippen molar-refractivity contribution in [2.75, 3.05) is 0 Å². The zero-order chi connectivity index (χ0) is 8.32. The third-order valence-corrected chi connectivity index (χ3v) is 2.61. The van der Waals surface area contributed by atoms with Crippen LogP contribution in [-0.2, 0) is 4.79 Å². The van der Waals surface area contributed by atoms with E-state index in [4.69, 9.17) is 0 Å². The Balaban J connectivity index is 2.33. The number of carbonyl (C=O) groups is 1. The predicted molar refractivity (Wildman–Crippen MR) is 46.4 cm³/mol. The van der Waals surface area contributed by atoms with Gasteiger partial charge >= 0.3 is 0 Å². The lowest BCUT2D eigenvalue weighted by atomic mass is 9.83. The molecule has 0 bridgehead atoms. The summed E-state index contributed by atoms with van der Waals surface area (Å²) >= 11 is 0. The van der Waals surface area contributed by atoms with Crippen molar-refractivity contribution in [2.24, 2.45) is 11.3 Å². The summed E-state index contributed by atoms with van der Waals surface area (Å²) in [7, 11) is 0. The van der Waals surface area contributed by atoms with Gasteiger partial charge in [-0.2, -0.15) is 0 Å². The quantitative estimate of drug-likeness (QED) is 0.571. The van der Waals surface area contributed by atoms with Crippen molar-refractivity contribution in [3.8, 4) is 0 Å². The fourth-order valence-electron chi connectivity index (χ4n) is 2.01. The van der Waals surface area contributed by atoms with Crippen molar-refractivity contribution in [1.29, 1.82) is 0 Å². The lowest BCUT2D eigenvalue weighted by Gasteiger charge is -2.20. The molecule has 0 saturated heterocycles. The Morgan fingerprint density at radius 1 is 1.36 bits per heavy atom. The van der Waals surface area contributed by atoms with Crippen molar-refractivity contribution in [2.45, 2.75) is 46.0 Å². The number of hydrogen-bond donors (Lipinski definition) is 0. The summed E-state index contributed by atoms with van der Waals surface area (Å²) in [6.07, 6.45) is 7.63. The maximum Gasteiger partial charge on any atom is 0.125 e. The normalized spacial score (nSPS) is 20.5. The molecule has 0 atom stereocenters. The van der Waals surface area contributed by atoms with Crippen LogP contribution in [0.4, 0.5) is 0 Å². The van der Waals surface area contributed by atoms with Gasteiger partial charge in [0.15, 0.2) is 0 Å². The second kappa shape index (κ2) is 3.38. The number of rotatable bonds is 3. The molecule has 11 heavy (non-hydrogen) atoms. The Morgan fingerprint density at radius 3 is 2.36 bits per heavy atom. The summed E-state index contributed by atoms with van der Waals surface area (Å²) in [5.41, 5.74) is -0.0744. The highest BCUT2D eigenvalue weighted by Gasteiger charge is 2.24. The van der Waals surface area contributed by atoms with Crippen molar-refractivity contribution >= 4 is 6.29 Å². The second-order valence-corrected chi connectivity index (χ2v) is 4.46. The minimum Gasteiger partial charge on any atom is -0.303 e. The third kappa shape index (κ3) is 2.64. The zero-order valence-corrected chi connectivity index (χ0v) is 7.60. The van der Waals surface area contributed by atoms with E-state index in [2.05, 4.69) is 0 Å². The van der Waals surface area contributed by atoms with Crippen molar-refractivity contribution in [3.63, 3.8) is 0 Å². The van der Waals surface area contributed by atoms with Gasteiger partial charge in [0.2, 0.25) is 0 Å². The van der Waals surface area contributed by atoms with Crippen LogP contribution in [0.25, 0.3) is 0 Å². The fourth-order valence-corrected chi connectivity index (χ4v) is 2.01. The van der Waals surface area contributed by atoms with Crippen LogP contribution in [0.1, 0.15) is 46.0 Å². The molecule has 1 heteroatoms. The summed E-state index contributed by atoms with van der Waals surface area (Å²) in [5, 5.41) is 0. The van der Waals surface area contributed by atoms with Gasteiger partial charge in [0.05, 0.1) is 0 Å². The van der Waals surface area contributed by atoms with Crippen molar-refractivity contribution in [1.82, 2.24) is 0 Å². The molecule has 0 spiro atoms. The molecule has 0 aromatic heterocycles. The van der Waals surface area contributed by atoms with Gasteiger partial charge in [0.25, 0.3) is 0 Å². The van der Waals surface area contributed by atoms with Crippen LogP contribution >= 0.6 is 0 Å². The molecule has 0 aromatic carbocycles. The highest BCUT2D eigenvalue weighted by atomic mass is 16.1. The molecule has 1 aliphatic rings. The van der Waals surface area contributed by atoms with Gasteiger partial charge < -0.3 is 4.79 Å². The van der Waals surface area contributed by atoms with E-state index in [0.29, 0.717) is 0 Å². The average Bonchev–Trinajstić information content (AvgIpc) is 2.39. The highest BCUT2D eigenvalue weighted by Crippen LogP contribution is 2.34. The maximum absolute atomic E-state index is 10.6. The van der Waals surface area contributed by atoms with Crippen LogP contribution < -0.4 is 0 Å². The number of carbonyl (C=O) groups excluding carboxylic acids is 1. The van der Waals surface area contributed by atoms with E-state index in [-0.39, 0.29) is 5.41 Å². The van der Waals surface area contributed by atoms with E-state index in [0.717, 1.165) is 18.6 Å². The first-order valence-electron chi connectivity index (χ1n) is 4.60. The molecule has 0 N–H and O–H groups in total. The molecule has 1 rings (SSSR count). The van der Waals surface area contributed by atoms with Crippen LogP contribution in [0.15, 0.2) is 0 Å². The predicted octanol–water partition coefficient (Wildman–Crippen LogP) is 2.79. The van der Waals surface area contributed by atoms with E-state index >= 15 is 0 Å². The molecule has 0 unspecified atom stereocenters. The highest BCUT2D eigenvalue weighted by molar-refractivity contribution is 5.57. The monoisotopic (exact) mass is 154 g/mol. The van der Waals surface area contributed by atoms with Crippen molar-refractivity contribution < 1.29 is 4.79 Å².